The van der Waals surface area contributed by atoms with Crippen LogP contribution < -0.4 is 0 Å². The van der Waals surface area contributed by atoms with E-state index in [0.29, 0.717) is 0 Å². The molecule has 1 aromatic heterocycles. The van der Waals surface area contributed by atoms with Crippen molar-refractivity contribution in [3.05, 3.63) is 30.1 Å². The van der Waals surface area contributed by atoms with Gasteiger partial charge < -0.3 is 5.21 Å². The van der Waals surface area contributed by atoms with Crippen LogP contribution in [0, 0.1) is 0 Å². The number of carbonyl (C=O) groups excluding carboxylic acids is 1. The fraction of sp³-hybridized carbons (Fsp3) is 0. The molecule has 1 aromatic rings. The SMILES string of the molecule is O=C(/C=N\O)c1ccccn1. The second kappa shape index (κ2) is 3.46. The van der Waals surface area contributed by atoms with Crippen LogP contribution in [0.2, 0.25) is 0 Å². The molecule has 0 fully saturated rings. The van der Waals surface area contributed by atoms with Crippen LogP contribution in [-0.2, 0) is 0 Å². The standard InChI is InChI=1S/C7H6N2O2/c10-7(5-9-11)6-3-1-2-4-8-6/h1-5,11H/b9-5-. The monoisotopic (exact) mass is 150 g/mol. The molecule has 0 aromatic carbocycles. The Balaban J connectivity index is 2.86. The molecule has 1 heterocycles. The summed E-state index contributed by atoms with van der Waals surface area (Å²) >= 11 is 0. The van der Waals surface area contributed by atoms with Gasteiger partial charge in [0.1, 0.15) is 11.9 Å². The fourth-order valence-corrected chi connectivity index (χ4v) is 0.627. The summed E-state index contributed by atoms with van der Waals surface area (Å²) in [5.41, 5.74) is 0.269. The van der Waals surface area contributed by atoms with E-state index in [1.54, 1.807) is 18.2 Å². The highest BCUT2D eigenvalue weighted by atomic mass is 16.4. The summed E-state index contributed by atoms with van der Waals surface area (Å²) in [6.07, 6.45) is 2.31. The van der Waals surface area contributed by atoms with Gasteiger partial charge >= 0.3 is 0 Å². The zero-order chi connectivity index (χ0) is 8.10. The average Bonchev–Trinajstić information content (AvgIpc) is 2.07. The van der Waals surface area contributed by atoms with Gasteiger partial charge in [-0.15, -0.1) is 0 Å². The number of oxime groups is 1. The van der Waals surface area contributed by atoms with Crippen molar-refractivity contribution in [2.75, 3.05) is 0 Å². The molecule has 0 radical (unpaired) electrons. The van der Waals surface area contributed by atoms with Gasteiger partial charge in [-0.05, 0) is 12.1 Å². The number of aromatic nitrogens is 1. The van der Waals surface area contributed by atoms with Gasteiger partial charge in [0, 0.05) is 6.20 Å². The van der Waals surface area contributed by atoms with Crippen molar-refractivity contribution in [2.45, 2.75) is 0 Å². The van der Waals surface area contributed by atoms with E-state index in [4.69, 9.17) is 5.21 Å². The average molecular weight is 150 g/mol. The lowest BCUT2D eigenvalue weighted by Crippen LogP contribution is -2.01. The predicted octanol–water partition coefficient (Wildman–Crippen LogP) is 0.724. The molecule has 56 valence electrons. The Kier molecular flexibility index (Phi) is 2.32. The second-order valence-electron chi connectivity index (χ2n) is 1.82. The van der Waals surface area contributed by atoms with E-state index in [-0.39, 0.29) is 5.69 Å². The van der Waals surface area contributed by atoms with E-state index in [1.165, 1.54) is 6.20 Å². The van der Waals surface area contributed by atoms with E-state index < -0.39 is 5.78 Å². The lowest BCUT2D eigenvalue weighted by atomic mass is 10.3. The van der Waals surface area contributed by atoms with Gasteiger partial charge in [0.25, 0.3) is 0 Å². The van der Waals surface area contributed by atoms with Crippen LogP contribution in [0.5, 0.6) is 0 Å². The van der Waals surface area contributed by atoms with E-state index in [9.17, 15) is 4.79 Å². The molecule has 0 spiro atoms. The van der Waals surface area contributed by atoms with Crippen molar-refractivity contribution in [2.24, 2.45) is 5.16 Å². The van der Waals surface area contributed by atoms with Gasteiger partial charge in [-0.25, -0.2) is 0 Å². The highest BCUT2D eigenvalue weighted by molar-refractivity contribution is 6.34. The molecule has 0 saturated heterocycles. The van der Waals surface area contributed by atoms with Crippen LogP contribution in [0.4, 0.5) is 0 Å². The van der Waals surface area contributed by atoms with Crippen molar-refractivity contribution in [3.63, 3.8) is 0 Å². The Morgan fingerprint density at radius 2 is 2.45 bits per heavy atom. The zero-order valence-corrected chi connectivity index (χ0v) is 5.64. The summed E-state index contributed by atoms with van der Waals surface area (Å²) in [7, 11) is 0. The van der Waals surface area contributed by atoms with Crippen molar-refractivity contribution in [1.29, 1.82) is 0 Å². The minimum atomic E-state index is -0.409. The fourth-order valence-electron chi connectivity index (χ4n) is 0.627. The van der Waals surface area contributed by atoms with E-state index in [1.807, 2.05) is 0 Å². The third kappa shape index (κ3) is 1.86. The first-order chi connectivity index (χ1) is 5.34. The van der Waals surface area contributed by atoms with Crippen molar-refractivity contribution < 1.29 is 10.0 Å². The number of hydrogen-bond acceptors (Lipinski definition) is 4. The molecular weight excluding hydrogens is 144 g/mol. The predicted molar refractivity (Wildman–Crippen MR) is 38.8 cm³/mol. The summed E-state index contributed by atoms with van der Waals surface area (Å²) in [5.74, 6) is -0.409. The Bertz CT molecular complexity index is 269. The number of carbonyl (C=O) groups is 1. The molecule has 0 aliphatic rings. The van der Waals surface area contributed by atoms with E-state index in [2.05, 4.69) is 10.1 Å². The number of hydrogen-bond donors (Lipinski definition) is 1. The molecule has 4 heteroatoms. The summed E-state index contributed by atoms with van der Waals surface area (Å²) in [4.78, 5) is 14.6. The van der Waals surface area contributed by atoms with Gasteiger partial charge in [0.15, 0.2) is 0 Å². The van der Waals surface area contributed by atoms with Gasteiger partial charge in [-0.3, -0.25) is 9.78 Å². The molecule has 0 aliphatic heterocycles. The van der Waals surface area contributed by atoms with Crippen LogP contribution in [0.15, 0.2) is 29.6 Å². The first-order valence-electron chi connectivity index (χ1n) is 2.97. The first kappa shape index (κ1) is 7.40. The summed E-state index contributed by atoms with van der Waals surface area (Å²) in [6.45, 7) is 0. The molecule has 11 heavy (non-hydrogen) atoms. The normalized spacial score (nSPS) is 10.2. The molecule has 0 bridgehead atoms. The molecular formula is C7H6N2O2. The quantitative estimate of drug-likeness (QED) is 0.292. The largest absolute Gasteiger partial charge is 0.411 e. The number of pyridine rings is 1. The lowest BCUT2D eigenvalue weighted by molar-refractivity contribution is 0.106. The zero-order valence-electron chi connectivity index (χ0n) is 5.64. The van der Waals surface area contributed by atoms with Crippen LogP contribution in [-0.4, -0.2) is 22.2 Å². The van der Waals surface area contributed by atoms with Crippen molar-refractivity contribution >= 4 is 12.0 Å². The Labute approximate surface area is 63.2 Å². The van der Waals surface area contributed by atoms with Gasteiger partial charge in [-0.1, -0.05) is 11.2 Å². The first-order valence-corrected chi connectivity index (χ1v) is 2.97. The molecule has 0 unspecified atom stereocenters. The van der Waals surface area contributed by atoms with Gasteiger partial charge in [0.2, 0.25) is 5.78 Å². The maximum Gasteiger partial charge on any atom is 0.225 e. The lowest BCUT2D eigenvalue weighted by Gasteiger charge is -1.89. The number of rotatable bonds is 2. The van der Waals surface area contributed by atoms with Crippen LogP contribution in [0.25, 0.3) is 0 Å². The molecule has 1 N–H and O–H groups in total. The highest BCUT2D eigenvalue weighted by Gasteiger charge is 2.01. The second-order valence-corrected chi connectivity index (χ2v) is 1.82. The molecule has 4 nitrogen and oxygen atoms in total. The Morgan fingerprint density at radius 1 is 1.64 bits per heavy atom. The topological polar surface area (TPSA) is 62.5 Å². The number of nitrogens with zero attached hydrogens (tertiary/aromatic N) is 2. The molecule has 1 rings (SSSR count). The third-order valence-corrected chi connectivity index (χ3v) is 1.09. The summed E-state index contributed by atoms with van der Waals surface area (Å²) in [5, 5.41) is 10.6. The van der Waals surface area contributed by atoms with E-state index in [0.717, 1.165) is 6.21 Å². The maximum atomic E-state index is 10.9. The third-order valence-electron chi connectivity index (χ3n) is 1.09. The van der Waals surface area contributed by atoms with E-state index >= 15 is 0 Å². The van der Waals surface area contributed by atoms with Crippen molar-refractivity contribution in [3.8, 4) is 0 Å². The van der Waals surface area contributed by atoms with Crippen LogP contribution in [0.3, 0.4) is 0 Å². The molecule has 0 aliphatic carbocycles. The molecule has 0 amide bonds. The van der Waals surface area contributed by atoms with Crippen LogP contribution >= 0.6 is 0 Å². The smallest absolute Gasteiger partial charge is 0.225 e. The highest BCUT2D eigenvalue weighted by Crippen LogP contribution is 1.92. The molecule has 0 saturated carbocycles. The minimum absolute atomic E-state index is 0.269. The summed E-state index contributed by atoms with van der Waals surface area (Å²) < 4.78 is 0. The Morgan fingerprint density at radius 3 is 3.00 bits per heavy atom. The van der Waals surface area contributed by atoms with Gasteiger partial charge in [-0.2, -0.15) is 0 Å². The minimum Gasteiger partial charge on any atom is -0.411 e. The maximum absolute atomic E-state index is 10.9. The number of ketones is 1. The number of Topliss-reactive ketones (excluding diaryl/α,β-unsaturated/α-hetero) is 1. The Hall–Kier alpha value is -1.71. The van der Waals surface area contributed by atoms with Crippen LogP contribution in [0.1, 0.15) is 10.5 Å². The van der Waals surface area contributed by atoms with Gasteiger partial charge in [0.05, 0.1) is 0 Å². The molecule has 0 atom stereocenters. The van der Waals surface area contributed by atoms with Crippen molar-refractivity contribution in [1.82, 2.24) is 4.98 Å². The summed E-state index contributed by atoms with van der Waals surface area (Å²) in [6, 6.07) is 4.93.